The monoisotopic (exact) mass is 262 g/mol. The molecule has 1 aliphatic heterocycles. The first-order valence-electron chi connectivity index (χ1n) is 6.92. The molecule has 2 amide bonds. The van der Waals surface area contributed by atoms with Gasteiger partial charge >= 0.3 is 6.03 Å². The van der Waals surface area contributed by atoms with Gasteiger partial charge in [0, 0.05) is 13.1 Å². The van der Waals surface area contributed by atoms with Crippen LogP contribution in [0.4, 0.5) is 4.79 Å². The third-order valence-corrected chi connectivity index (χ3v) is 3.75. The second kappa shape index (κ2) is 6.57. The Kier molecular flexibility index (Phi) is 4.80. The number of rotatable bonds is 3. The molecule has 1 heterocycles. The Bertz CT molecular complexity index is 400. The molecule has 1 aromatic carbocycles. The lowest BCUT2D eigenvalue weighted by Gasteiger charge is -2.31. The second-order valence-corrected chi connectivity index (χ2v) is 5.26. The van der Waals surface area contributed by atoms with E-state index in [4.69, 9.17) is 0 Å². The first kappa shape index (κ1) is 13.9. The number of aliphatic hydroxyl groups is 1. The highest BCUT2D eigenvalue weighted by Gasteiger charge is 2.22. The predicted octanol–water partition coefficient (Wildman–Crippen LogP) is 2.16. The zero-order valence-electron chi connectivity index (χ0n) is 11.4. The van der Waals surface area contributed by atoms with Crippen molar-refractivity contribution in [3.63, 3.8) is 0 Å². The van der Waals surface area contributed by atoms with Gasteiger partial charge in [-0.25, -0.2) is 4.79 Å². The number of hydrogen-bond acceptors (Lipinski definition) is 2. The van der Waals surface area contributed by atoms with Gasteiger partial charge in [0.25, 0.3) is 0 Å². The average Bonchev–Trinajstić information content (AvgIpc) is 2.46. The molecule has 0 spiro atoms. The number of aliphatic hydroxyl groups excluding tert-OH is 1. The first-order valence-corrected chi connectivity index (χ1v) is 6.92. The largest absolute Gasteiger partial charge is 0.394 e. The van der Waals surface area contributed by atoms with E-state index in [9.17, 15) is 9.90 Å². The van der Waals surface area contributed by atoms with Crippen LogP contribution in [0.5, 0.6) is 0 Å². The standard InChI is InChI=1S/C15H22N2O2/c1-12-7-9-17(10-8-12)15(19)16-14(11-18)13-5-3-2-4-6-13/h2-6,12,14,18H,7-11H2,1H3,(H,16,19)/t14-/m0/s1. The fourth-order valence-electron chi connectivity index (χ4n) is 2.37. The highest BCUT2D eigenvalue weighted by Crippen LogP contribution is 2.17. The zero-order chi connectivity index (χ0) is 13.7. The minimum absolute atomic E-state index is 0.0743. The number of benzene rings is 1. The van der Waals surface area contributed by atoms with E-state index < -0.39 is 0 Å². The van der Waals surface area contributed by atoms with Crippen LogP contribution in [0.25, 0.3) is 0 Å². The van der Waals surface area contributed by atoms with Gasteiger partial charge in [0.15, 0.2) is 0 Å². The molecule has 19 heavy (non-hydrogen) atoms. The molecule has 2 rings (SSSR count). The lowest BCUT2D eigenvalue weighted by molar-refractivity contribution is 0.162. The maximum atomic E-state index is 12.2. The van der Waals surface area contributed by atoms with E-state index in [1.165, 1.54) is 0 Å². The van der Waals surface area contributed by atoms with Crippen LogP contribution >= 0.6 is 0 Å². The van der Waals surface area contributed by atoms with Crippen molar-refractivity contribution in [1.82, 2.24) is 10.2 Å². The molecule has 1 saturated heterocycles. The highest BCUT2D eigenvalue weighted by atomic mass is 16.3. The topological polar surface area (TPSA) is 52.6 Å². The first-order chi connectivity index (χ1) is 9.20. The zero-order valence-corrected chi connectivity index (χ0v) is 11.4. The Morgan fingerprint density at radius 2 is 2.00 bits per heavy atom. The molecule has 104 valence electrons. The molecular weight excluding hydrogens is 240 g/mol. The quantitative estimate of drug-likeness (QED) is 0.877. The van der Waals surface area contributed by atoms with E-state index in [1.807, 2.05) is 35.2 Å². The molecule has 2 N–H and O–H groups in total. The molecule has 4 heteroatoms. The SMILES string of the molecule is CC1CCN(C(=O)N[C@@H](CO)c2ccccc2)CC1. The van der Waals surface area contributed by atoms with E-state index in [-0.39, 0.29) is 18.7 Å². The summed E-state index contributed by atoms with van der Waals surface area (Å²) in [5.74, 6) is 0.701. The molecular formula is C15H22N2O2. The molecule has 1 fully saturated rings. The van der Waals surface area contributed by atoms with Crippen molar-refractivity contribution >= 4 is 6.03 Å². The highest BCUT2D eigenvalue weighted by molar-refractivity contribution is 5.74. The van der Waals surface area contributed by atoms with Crippen molar-refractivity contribution in [2.75, 3.05) is 19.7 Å². The van der Waals surface area contributed by atoms with Crippen LogP contribution in [0.2, 0.25) is 0 Å². The normalized spacial score (nSPS) is 18.1. The van der Waals surface area contributed by atoms with Gasteiger partial charge in [0.05, 0.1) is 12.6 Å². The number of hydrogen-bond donors (Lipinski definition) is 2. The smallest absolute Gasteiger partial charge is 0.317 e. The summed E-state index contributed by atoms with van der Waals surface area (Å²) in [7, 11) is 0. The fourth-order valence-corrected chi connectivity index (χ4v) is 2.37. The minimum Gasteiger partial charge on any atom is -0.394 e. The predicted molar refractivity (Wildman–Crippen MR) is 74.8 cm³/mol. The third kappa shape index (κ3) is 3.70. The maximum absolute atomic E-state index is 12.2. The Labute approximate surface area is 114 Å². The summed E-state index contributed by atoms with van der Waals surface area (Å²) in [4.78, 5) is 14.0. The molecule has 0 saturated carbocycles. The van der Waals surface area contributed by atoms with Gasteiger partial charge in [0.1, 0.15) is 0 Å². The van der Waals surface area contributed by atoms with Gasteiger partial charge in [0.2, 0.25) is 0 Å². The molecule has 0 aliphatic carbocycles. The van der Waals surface area contributed by atoms with Gasteiger partial charge in [-0.3, -0.25) is 0 Å². The summed E-state index contributed by atoms with van der Waals surface area (Å²) >= 11 is 0. The second-order valence-electron chi connectivity index (χ2n) is 5.26. The van der Waals surface area contributed by atoms with Crippen LogP contribution in [-0.2, 0) is 0 Å². The summed E-state index contributed by atoms with van der Waals surface area (Å²) < 4.78 is 0. The van der Waals surface area contributed by atoms with Crippen LogP contribution in [-0.4, -0.2) is 35.7 Å². The Morgan fingerprint density at radius 3 is 2.58 bits per heavy atom. The fraction of sp³-hybridized carbons (Fsp3) is 0.533. The van der Waals surface area contributed by atoms with Crippen molar-refractivity contribution in [2.24, 2.45) is 5.92 Å². The van der Waals surface area contributed by atoms with Gasteiger partial charge < -0.3 is 15.3 Å². The Hall–Kier alpha value is -1.55. The summed E-state index contributed by atoms with van der Waals surface area (Å²) in [6, 6.07) is 9.17. The average molecular weight is 262 g/mol. The van der Waals surface area contributed by atoms with Crippen molar-refractivity contribution in [3.8, 4) is 0 Å². The molecule has 0 aromatic heterocycles. The summed E-state index contributed by atoms with van der Waals surface area (Å²) in [6.07, 6.45) is 2.12. The number of nitrogens with one attached hydrogen (secondary N) is 1. The number of carbonyl (C=O) groups excluding carboxylic acids is 1. The number of amides is 2. The summed E-state index contributed by atoms with van der Waals surface area (Å²) in [5.41, 5.74) is 0.934. The number of carbonyl (C=O) groups is 1. The van der Waals surface area contributed by atoms with Crippen LogP contribution in [0.1, 0.15) is 31.4 Å². The van der Waals surface area contributed by atoms with E-state index >= 15 is 0 Å². The molecule has 4 nitrogen and oxygen atoms in total. The van der Waals surface area contributed by atoms with E-state index in [1.54, 1.807) is 0 Å². The Balaban J connectivity index is 1.93. The number of nitrogens with zero attached hydrogens (tertiary/aromatic N) is 1. The van der Waals surface area contributed by atoms with Crippen molar-refractivity contribution in [3.05, 3.63) is 35.9 Å². The molecule has 1 aromatic rings. The molecule has 0 radical (unpaired) electrons. The number of piperidine rings is 1. The van der Waals surface area contributed by atoms with Gasteiger partial charge in [-0.1, -0.05) is 37.3 Å². The summed E-state index contributed by atoms with van der Waals surface area (Å²) in [6.45, 7) is 3.75. The van der Waals surface area contributed by atoms with Gasteiger partial charge in [-0.15, -0.1) is 0 Å². The van der Waals surface area contributed by atoms with Crippen molar-refractivity contribution in [1.29, 1.82) is 0 Å². The Morgan fingerprint density at radius 1 is 1.37 bits per heavy atom. The van der Waals surface area contributed by atoms with E-state index in [0.29, 0.717) is 5.92 Å². The van der Waals surface area contributed by atoms with Gasteiger partial charge in [-0.2, -0.15) is 0 Å². The van der Waals surface area contributed by atoms with E-state index in [2.05, 4.69) is 12.2 Å². The van der Waals surface area contributed by atoms with Crippen molar-refractivity contribution < 1.29 is 9.90 Å². The maximum Gasteiger partial charge on any atom is 0.317 e. The molecule has 1 aliphatic rings. The van der Waals surface area contributed by atoms with Crippen LogP contribution in [0.15, 0.2) is 30.3 Å². The van der Waals surface area contributed by atoms with Crippen LogP contribution in [0, 0.1) is 5.92 Å². The van der Waals surface area contributed by atoms with Crippen LogP contribution in [0.3, 0.4) is 0 Å². The third-order valence-electron chi connectivity index (χ3n) is 3.75. The number of likely N-dealkylation sites (tertiary alicyclic amines) is 1. The van der Waals surface area contributed by atoms with Gasteiger partial charge in [-0.05, 0) is 24.3 Å². The lowest BCUT2D eigenvalue weighted by Crippen LogP contribution is -2.45. The van der Waals surface area contributed by atoms with Crippen molar-refractivity contribution in [2.45, 2.75) is 25.8 Å². The molecule has 1 atom stereocenters. The lowest BCUT2D eigenvalue weighted by atomic mass is 9.99. The van der Waals surface area contributed by atoms with Crippen LogP contribution < -0.4 is 5.32 Å². The minimum atomic E-state index is -0.326. The number of urea groups is 1. The summed E-state index contributed by atoms with van der Waals surface area (Å²) in [5, 5.41) is 12.3. The molecule has 0 bridgehead atoms. The van der Waals surface area contributed by atoms with E-state index in [0.717, 1.165) is 31.5 Å². The molecule has 0 unspecified atom stereocenters.